The molecule has 1 aliphatic carbocycles. The largest absolute Gasteiger partial charge is 0.352 e. The zero-order chi connectivity index (χ0) is 25.8. The lowest BCUT2D eigenvalue weighted by atomic mass is 10.1. The lowest BCUT2D eigenvalue weighted by Gasteiger charge is -2.33. The van der Waals surface area contributed by atoms with Crippen molar-refractivity contribution in [3.05, 3.63) is 64.2 Å². The average Bonchev–Trinajstić information content (AvgIpc) is 3.28. The highest BCUT2D eigenvalue weighted by atomic mass is 35.5. The molecule has 0 aromatic heterocycles. The molecule has 2 amide bonds. The first-order valence-corrected chi connectivity index (χ1v) is 14.1. The van der Waals surface area contributed by atoms with Crippen molar-refractivity contribution >= 4 is 39.1 Å². The molecule has 1 aliphatic rings. The van der Waals surface area contributed by atoms with Gasteiger partial charge in [-0.2, -0.15) is 0 Å². The van der Waals surface area contributed by atoms with Gasteiger partial charge < -0.3 is 10.2 Å². The summed E-state index contributed by atoms with van der Waals surface area (Å²) in [5.41, 5.74) is 2.73. The topological polar surface area (TPSA) is 86.8 Å². The van der Waals surface area contributed by atoms with E-state index in [1.165, 1.54) is 4.90 Å². The highest BCUT2D eigenvalue weighted by Crippen LogP contribution is 2.27. The monoisotopic (exact) mass is 519 g/mol. The van der Waals surface area contributed by atoms with Crippen LogP contribution < -0.4 is 9.62 Å². The van der Waals surface area contributed by atoms with Gasteiger partial charge in [0.2, 0.25) is 21.8 Å². The van der Waals surface area contributed by atoms with Crippen LogP contribution in [0.5, 0.6) is 0 Å². The molecule has 190 valence electrons. The van der Waals surface area contributed by atoms with E-state index >= 15 is 0 Å². The summed E-state index contributed by atoms with van der Waals surface area (Å²) < 4.78 is 26.7. The minimum Gasteiger partial charge on any atom is -0.352 e. The number of hydrogen-bond donors (Lipinski definition) is 1. The van der Waals surface area contributed by atoms with Gasteiger partial charge in [0.15, 0.2) is 0 Å². The first kappa shape index (κ1) is 27.0. The minimum atomic E-state index is -3.77. The van der Waals surface area contributed by atoms with Crippen LogP contribution in [-0.2, 0) is 26.2 Å². The second-order valence-electron chi connectivity index (χ2n) is 9.33. The van der Waals surface area contributed by atoms with Gasteiger partial charge in [-0.3, -0.25) is 13.9 Å². The number of nitrogens with one attached hydrogen (secondary N) is 1. The number of halogens is 1. The SMILES string of the molecule is Cc1cccc(C)c1N(CC(=O)N(Cc1cccc(Cl)c1)[C@H](C)C(=O)NC1CCCC1)S(C)(=O)=O. The molecule has 0 unspecified atom stereocenters. The molecular formula is C26H34ClN3O4S. The van der Waals surface area contributed by atoms with Crippen molar-refractivity contribution in [3.63, 3.8) is 0 Å². The predicted octanol–water partition coefficient (Wildman–Crippen LogP) is 4.20. The smallest absolute Gasteiger partial charge is 0.244 e. The maximum absolute atomic E-state index is 13.7. The summed E-state index contributed by atoms with van der Waals surface area (Å²) in [7, 11) is -3.77. The molecule has 0 spiro atoms. The van der Waals surface area contributed by atoms with E-state index in [9.17, 15) is 18.0 Å². The quantitative estimate of drug-likeness (QED) is 0.538. The summed E-state index contributed by atoms with van der Waals surface area (Å²) >= 11 is 6.15. The van der Waals surface area contributed by atoms with Crippen molar-refractivity contribution in [1.82, 2.24) is 10.2 Å². The Kier molecular flexibility index (Phi) is 8.83. The number of anilines is 1. The third-order valence-corrected chi connectivity index (χ3v) is 7.83. The van der Waals surface area contributed by atoms with Crippen molar-refractivity contribution in [2.24, 2.45) is 0 Å². The maximum atomic E-state index is 13.7. The van der Waals surface area contributed by atoms with Gasteiger partial charge in [-0.15, -0.1) is 0 Å². The second-order valence-corrected chi connectivity index (χ2v) is 11.7. The zero-order valence-corrected chi connectivity index (χ0v) is 22.3. The molecule has 1 N–H and O–H groups in total. The van der Waals surface area contributed by atoms with Crippen molar-refractivity contribution in [2.45, 2.75) is 65.1 Å². The number of benzene rings is 2. The van der Waals surface area contributed by atoms with Gasteiger partial charge in [-0.05, 0) is 62.4 Å². The average molecular weight is 520 g/mol. The van der Waals surface area contributed by atoms with Crippen molar-refractivity contribution < 1.29 is 18.0 Å². The lowest BCUT2D eigenvalue weighted by Crippen LogP contribution is -2.52. The highest BCUT2D eigenvalue weighted by Gasteiger charge is 2.32. The van der Waals surface area contributed by atoms with E-state index in [4.69, 9.17) is 11.6 Å². The summed E-state index contributed by atoms with van der Waals surface area (Å²) in [5, 5.41) is 3.57. The summed E-state index contributed by atoms with van der Waals surface area (Å²) in [6.45, 7) is 5.02. The summed E-state index contributed by atoms with van der Waals surface area (Å²) in [4.78, 5) is 28.2. The second kappa shape index (κ2) is 11.4. The minimum absolute atomic E-state index is 0.107. The van der Waals surface area contributed by atoms with E-state index in [2.05, 4.69) is 5.32 Å². The van der Waals surface area contributed by atoms with E-state index in [1.807, 2.05) is 38.1 Å². The molecular weight excluding hydrogens is 486 g/mol. The van der Waals surface area contributed by atoms with Crippen LogP contribution in [-0.4, -0.2) is 50.0 Å². The Bertz CT molecular complexity index is 1160. The molecule has 0 saturated heterocycles. The molecule has 1 atom stereocenters. The predicted molar refractivity (Wildman–Crippen MR) is 140 cm³/mol. The summed E-state index contributed by atoms with van der Waals surface area (Å²) in [6.07, 6.45) is 5.08. The number of aryl methyl sites for hydroxylation is 2. The molecule has 9 heteroatoms. The van der Waals surface area contributed by atoms with E-state index in [0.717, 1.165) is 52.9 Å². The van der Waals surface area contributed by atoms with Gasteiger partial charge in [0.1, 0.15) is 12.6 Å². The number of para-hydroxylation sites is 1. The number of hydrogen-bond acceptors (Lipinski definition) is 4. The highest BCUT2D eigenvalue weighted by molar-refractivity contribution is 7.92. The van der Waals surface area contributed by atoms with Crippen LogP contribution in [0.4, 0.5) is 5.69 Å². The van der Waals surface area contributed by atoms with Crippen LogP contribution in [0.1, 0.15) is 49.3 Å². The molecule has 1 fully saturated rings. The molecule has 2 aromatic rings. The van der Waals surface area contributed by atoms with Gasteiger partial charge in [0.05, 0.1) is 11.9 Å². The molecule has 0 heterocycles. The number of rotatable bonds is 9. The van der Waals surface area contributed by atoms with Crippen LogP contribution in [0.2, 0.25) is 5.02 Å². The van der Waals surface area contributed by atoms with E-state index < -0.39 is 28.5 Å². The molecule has 7 nitrogen and oxygen atoms in total. The van der Waals surface area contributed by atoms with Gasteiger partial charge >= 0.3 is 0 Å². The number of carbonyl (C=O) groups is 2. The third kappa shape index (κ3) is 6.98. The van der Waals surface area contributed by atoms with Crippen LogP contribution >= 0.6 is 11.6 Å². The van der Waals surface area contributed by atoms with Gasteiger partial charge in [-0.25, -0.2) is 8.42 Å². The summed E-state index contributed by atoms with van der Waals surface area (Å²) in [6, 6.07) is 11.9. The van der Waals surface area contributed by atoms with Crippen LogP contribution in [0.25, 0.3) is 0 Å². The Hall–Kier alpha value is -2.58. The number of amides is 2. The maximum Gasteiger partial charge on any atom is 0.244 e. The molecule has 0 radical (unpaired) electrons. The fraction of sp³-hybridized carbons (Fsp3) is 0.462. The van der Waals surface area contributed by atoms with Crippen molar-refractivity contribution in [2.75, 3.05) is 17.1 Å². The summed E-state index contributed by atoms with van der Waals surface area (Å²) in [5.74, 6) is -0.711. The Balaban J connectivity index is 1.92. The molecule has 3 rings (SSSR count). The van der Waals surface area contributed by atoms with E-state index in [-0.39, 0.29) is 18.5 Å². The normalized spacial score (nSPS) is 15.0. The molecule has 0 aliphatic heterocycles. The Morgan fingerprint density at radius 1 is 1.09 bits per heavy atom. The van der Waals surface area contributed by atoms with Gasteiger partial charge in [0.25, 0.3) is 0 Å². The fourth-order valence-corrected chi connectivity index (χ4v) is 5.76. The standard InChI is InChI=1S/C26H34ClN3O4S/c1-18-9-7-10-19(2)25(18)30(35(4,33)34)17-24(31)29(16-21-11-8-12-22(27)15-21)20(3)26(32)28-23-13-5-6-14-23/h7-12,15,20,23H,5-6,13-14,16-17H2,1-4H3,(H,28,32)/t20-/m1/s1. The van der Waals surface area contributed by atoms with Crippen LogP contribution in [0.3, 0.4) is 0 Å². The van der Waals surface area contributed by atoms with E-state index in [0.29, 0.717) is 10.7 Å². The van der Waals surface area contributed by atoms with Gasteiger partial charge in [-0.1, -0.05) is 54.8 Å². The molecule has 0 bridgehead atoms. The lowest BCUT2D eigenvalue weighted by molar-refractivity contribution is -0.139. The van der Waals surface area contributed by atoms with E-state index in [1.54, 1.807) is 25.1 Å². The van der Waals surface area contributed by atoms with Crippen molar-refractivity contribution in [1.29, 1.82) is 0 Å². The van der Waals surface area contributed by atoms with Gasteiger partial charge in [0, 0.05) is 17.6 Å². The van der Waals surface area contributed by atoms with Crippen LogP contribution in [0.15, 0.2) is 42.5 Å². The Morgan fingerprint density at radius 3 is 2.26 bits per heavy atom. The fourth-order valence-electron chi connectivity index (χ4n) is 4.58. The van der Waals surface area contributed by atoms with Crippen molar-refractivity contribution in [3.8, 4) is 0 Å². The Morgan fingerprint density at radius 2 is 1.69 bits per heavy atom. The molecule has 35 heavy (non-hydrogen) atoms. The first-order chi connectivity index (χ1) is 16.5. The number of nitrogens with zero attached hydrogens (tertiary/aromatic N) is 2. The molecule has 1 saturated carbocycles. The molecule has 2 aromatic carbocycles. The number of sulfonamides is 1. The number of carbonyl (C=O) groups excluding carboxylic acids is 2. The first-order valence-electron chi connectivity index (χ1n) is 11.9. The zero-order valence-electron chi connectivity index (χ0n) is 20.8. The van der Waals surface area contributed by atoms with Crippen LogP contribution in [0, 0.1) is 13.8 Å². The third-order valence-electron chi connectivity index (χ3n) is 6.48. The Labute approximate surface area is 213 Å².